The highest BCUT2D eigenvalue weighted by Crippen LogP contribution is 2.43. The van der Waals surface area contributed by atoms with Crippen molar-refractivity contribution in [1.29, 1.82) is 0 Å². The van der Waals surface area contributed by atoms with Gasteiger partial charge in [0.25, 0.3) is 5.91 Å². The molecule has 0 radical (unpaired) electrons. The van der Waals surface area contributed by atoms with Crippen LogP contribution in [-0.4, -0.2) is 96.6 Å². The number of thiazole rings is 1. The quantitative estimate of drug-likeness (QED) is 0.152. The number of alkyl halides is 3. The molecule has 57 heavy (non-hydrogen) atoms. The first-order valence-corrected chi connectivity index (χ1v) is 22.1. The zero-order chi connectivity index (χ0) is 42.3. The SMILES string of the molecule is CC[C@H](C)[C@H](CC(=O)C12CCCC(CCC1)N2C)C(=O)N(C)[C@H](C[C@@H](OC(C)=O)c1nc(C(=O)N[C@H](CNS(=O)(=O)C(F)(F)F)Cc2ccccc2)cs1)C(C)C. The number of fused-ring (bicyclic) bond motifs is 2. The Morgan fingerprint density at radius 1 is 1.09 bits per heavy atom. The van der Waals surface area contributed by atoms with E-state index in [1.165, 1.54) is 17.0 Å². The lowest BCUT2D eigenvalue weighted by Crippen LogP contribution is -2.62. The fourth-order valence-electron chi connectivity index (χ4n) is 8.39. The number of benzene rings is 1. The number of carbonyl (C=O) groups is 4. The molecule has 2 saturated heterocycles. The van der Waals surface area contributed by atoms with Crippen LogP contribution in [0, 0.1) is 17.8 Å². The van der Waals surface area contributed by atoms with Crippen molar-refractivity contribution in [1.82, 2.24) is 24.8 Å². The number of halogens is 3. The van der Waals surface area contributed by atoms with E-state index in [0.717, 1.165) is 49.9 Å². The van der Waals surface area contributed by atoms with Crippen LogP contribution in [-0.2, 0) is 35.6 Å². The van der Waals surface area contributed by atoms with Crippen LogP contribution in [0.25, 0.3) is 0 Å². The number of hydrogen-bond donors (Lipinski definition) is 2. The molecule has 2 N–H and O–H groups in total. The number of Topliss-reactive ketones (excluding diaryl/α,β-unsaturated/α-hetero) is 1. The number of carbonyl (C=O) groups excluding carboxylic acids is 4. The fraction of sp³-hybridized carbons (Fsp3) is 0.675. The predicted octanol–water partition coefficient (Wildman–Crippen LogP) is 6.43. The number of rotatable bonds is 19. The van der Waals surface area contributed by atoms with Gasteiger partial charge in [0.2, 0.25) is 5.91 Å². The third kappa shape index (κ3) is 11.4. The van der Waals surface area contributed by atoms with E-state index in [1.807, 2.05) is 27.7 Å². The lowest BCUT2D eigenvalue weighted by atomic mass is 9.69. The van der Waals surface area contributed by atoms with Crippen molar-refractivity contribution in [2.75, 3.05) is 20.6 Å². The molecule has 0 unspecified atom stereocenters. The zero-order valence-electron chi connectivity index (χ0n) is 33.9. The van der Waals surface area contributed by atoms with E-state index >= 15 is 0 Å². The summed E-state index contributed by atoms with van der Waals surface area (Å²) in [5, 5.41) is 4.28. The summed E-state index contributed by atoms with van der Waals surface area (Å²) in [5.74, 6) is -2.16. The van der Waals surface area contributed by atoms with Crippen LogP contribution < -0.4 is 10.0 Å². The first-order chi connectivity index (χ1) is 26.7. The van der Waals surface area contributed by atoms with E-state index in [9.17, 15) is 40.8 Å². The Labute approximate surface area is 338 Å². The monoisotopic (exact) mass is 841 g/mol. The van der Waals surface area contributed by atoms with Crippen LogP contribution in [0.3, 0.4) is 0 Å². The molecular weight excluding hydrogens is 784 g/mol. The van der Waals surface area contributed by atoms with Crippen molar-refractivity contribution in [2.24, 2.45) is 17.8 Å². The van der Waals surface area contributed by atoms with Crippen LogP contribution in [0.5, 0.6) is 0 Å². The van der Waals surface area contributed by atoms with Crippen molar-refractivity contribution in [2.45, 2.75) is 134 Å². The summed E-state index contributed by atoms with van der Waals surface area (Å²) in [6, 6.07) is 7.37. The van der Waals surface area contributed by atoms with Gasteiger partial charge < -0.3 is 15.0 Å². The summed E-state index contributed by atoms with van der Waals surface area (Å²) in [4.78, 5) is 63.0. The van der Waals surface area contributed by atoms with Crippen LogP contribution >= 0.6 is 11.3 Å². The molecule has 1 aromatic heterocycles. The molecule has 0 spiro atoms. The van der Waals surface area contributed by atoms with Gasteiger partial charge in [0.05, 0.1) is 5.54 Å². The number of piperidine rings is 2. The average molecular weight is 842 g/mol. The maximum atomic E-state index is 14.5. The number of nitrogens with zero attached hydrogens (tertiary/aromatic N) is 3. The minimum Gasteiger partial charge on any atom is -0.455 e. The zero-order valence-corrected chi connectivity index (χ0v) is 35.6. The lowest BCUT2D eigenvalue weighted by molar-refractivity contribution is -0.151. The number of likely N-dealkylation sites (N-methyl/N-ethyl adjacent to an activating group) is 1. The molecule has 12 nitrogen and oxygen atoms in total. The van der Waals surface area contributed by atoms with Gasteiger partial charge in [0.15, 0.2) is 11.9 Å². The second-order valence-corrected chi connectivity index (χ2v) is 18.7. The van der Waals surface area contributed by atoms with Gasteiger partial charge in [-0.05, 0) is 69.4 Å². The Morgan fingerprint density at radius 2 is 1.72 bits per heavy atom. The van der Waals surface area contributed by atoms with Gasteiger partial charge in [-0.1, -0.05) is 64.4 Å². The van der Waals surface area contributed by atoms with Gasteiger partial charge in [-0.15, -0.1) is 11.3 Å². The number of sulfonamides is 1. The summed E-state index contributed by atoms with van der Waals surface area (Å²) in [5.41, 5.74) is -5.54. The van der Waals surface area contributed by atoms with Crippen molar-refractivity contribution >= 4 is 44.9 Å². The number of aromatic nitrogens is 1. The first kappa shape index (κ1) is 46.3. The Hall–Kier alpha value is -3.41. The second-order valence-electron chi connectivity index (χ2n) is 16.0. The molecule has 4 rings (SSSR count). The number of hydrogen-bond acceptors (Lipinski definition) is 10. The van der Waals surface area contributed by atoms with Gasteiger partial charge in [0, 0.05) is 62.8 Å². The third-order valence-electron chi connectivity index (χ3n) is 11.9. The van der Waals surface area contributed by atoms with E-state index in [-0.39, 0.29) is 53.5 Å². The molecule has 2 aliphatic rings. The fourth-order valence-corrected chi connectivity index (χ4v) is 9.81. The molecule has 2 bridgehead atoms. The normalized spacial score (nSPS) is 21.6. The van der Waals surface area contributed by atoms with Gasteiger partial charge in [-0.3, -0.25) is 24.1 Å². The minimum absolute atomic E-state index is 0.0118. The Bertz CT molecular complexity index is 1800. The molecule has 2 amide bonds. The van der Waals surface area contributed by atoms with Crippen LogP contribution in [0.2, 0.25) is 0 Å². The highest BCUT2D eigenvalue weighted by atomic mass is 32.2. The highest BCUT2D eigenvalue weighted by Gasteiger charge is 2.50. The van der Waals surface area contributed by atoms with Crippen LogP contribution in [0.15, 0.2) is 35.7 Å². The molecule has 3 heterocycles. The highest BCUT2D eigenvalue weighted by molar-refractivity contribution is 7.90. The van der Waals surface area contributed by atoms with Gasteiger partial charge in [-0.2, -0.15) is 13.2 Å². The number of ketones is 1. The molecule has 5 atom stereocenters. The van der Waals surface area contributed by atoms with Crippen molar-refractivity contribution in [3.05, 3.63) is 52.0 Å². The Balaban J connectivity index is 1.53. The number of esters is 1. The Kier molecular flexibility index (Phi) is 15.9. The summed E-state index contributed by atoms with van der Waals surface area (Å²) >= 11 is 1.04. The number of amides is 2. The third-order valence-corrected chi connectivity index (χ3v) is 14.0. The van der Waals surface area contributed by atoms with Gasteiger partial charge >= 0.3 is 21.5 Å². The lowest BCUT2D eigenvalue weighted by Gasteiger charge is -2.52. The largest absolute Gasteiger partial charge is 0.511 e. The maximum absolute atomic E-state index is 14.5. The molecule has 17 heteroatoms. The van der Waals surface area contributed by atoms with Crippen molar-refractivity contribution in [3.8, 4) is 0 Å². The van der Waals surface area contributed by atoms with E-state index in [2.05, 4.69) is 22.2 Å². The van der Waals surface area contributed by atoms with Crippen molar-refractivity contribution in [3.63, 3.8) is 0 Å². The molecule has 1 aromatic carbocycles. The van der Waals surface area contributed by atoms with Gasteiger partial charge in [-0.25, -0.2) is 18.1 Å². The van der Waals surface area contributed by atoms with E-state index < -0.39 is 63.6 Å². The molecular formula is C40H58F3N5O7S2. The van der Waals surface area contributed by atoms with E-state index in [4.69, 9.17) is 4.74 Å². The summed E-state index contributed by atoms with van der Waals surface area (Å²) < 4.78 is 70.1. The molecule has 0 saturated carbocycles. The summed E-state index contributed by atoms with van der Waals surface area (Å²) in [6.45, 7) is 8.40. The van der Waals surface area contributed by atoms with Crippen LogP contribution in [0.1, 0.15) is 120 Å². The van der Waals surface area contributed by atoms with Crippen molar-refractivity contribution < 1.29 is 45.5 Å². The average Bonchev–Trinajstić information content (AvgIpc) is 3.64. The van der Waals surface area contributed by atoms with E-state index in [1.54, 1.807) is 42.3 Å². The number of nitrogens with one attached hydrogen (secondary N) is 2. The molecule has 318 valence electrons. The summed E-state index contributed by atoms with van der Waals surface area (Å²) in [7, 11) is -1.92. The first-order valence-electron chi connectivity index (χ1n) is 19.8. The molecule has 2 fully saturated rings. The Morgan fingerprint density at radius 3 is 2.28 bits per heavy atom. The van der Waals surface area contributed by atoms with Crippen LogP contribution in [0.4, 0.5) is 13.2 Å². The van der Waals surface area contributed by atoms with Gasteiger partial charge in [0.1, 0.15) is 10.7 Å². The summed E-state index contributed by atoms with van der Waals surface area (Å²) in [6.07, 6.45) is 5.77. The smallest absolute Gasteiger partial charge is 0.455 e. The van der Waals surface area contributed by atoms with E-state index in [0.29, 0.717) is 18.0 Å². The molecule has 2 aromatic rings. The topological polar surface area (TPSA) is 155 Å². The minimum atomic E-state index is -5.68. The standard InChI is InChI=1S/C40H58F3N5O7S2/c1-8-26(4)31(21-35(50)39-18-12-16-30(48(39)7)17-13-19-39)38(52)47(6)33(25(2)3)22-34(55-27(5)49)37-46-32(24-56-37)36(51)45-29(20-28-14-10-9-11-15-28)23-44-57(53,54)40(41,42)43/h9-11,14-15,24-26,29-31,33-34,44H,8,12-13,16-23H2,1-7H3,(H,45,51)/t26-,29-,30?,31-,33+,34+,39?/m0/s1. The number of ether oxygens (including phenoxy) is 1. The maximum Gasteiger partial charge on any atom is 0.511 e. The predicted molar refractivity (Wildman–Crippen MR) is 212 cm³/mol. The molecule has 0 aliphatic carbocycles. The molecule has 2 aliphatic heterocycles. The second kappa shape index (κ2) is 19.6.